The number of hydrogen-bond acceptors (Lipinski definition) is 5. The maximum absolute atomic E-state index is 13.5. The number of ether oxygens (including phenoxy) is 2. The van der Waals surface area contributed by atoms with Crippen LogP contribution in [0.4, 0.5) is 4.79 Å². The molecule has 1 saturated heterocycles. The summed E-state index contributed by atoms with van der Waals surface area (Å²) in [5.74, 6) is 1.54. The van der Waals surface area contributed by atoms with Gasteiger partial charge in [0.15, 0.2) is 0 Å². The van der Waals surface area contributed by atoms with E-state index in [4.69, 9.17) is 9.47 Å². The van der Waals surface area contributed by atoms with Crippen LogP contribution in [0.1, 0.15) is 35.1 Å². The van der Waals surface area contributed by atoms with Crippen LogP contribution in [0.2, 0.25) is 0 Å². The minimum Gasteiger partial charge on any atom is -0.497 e. The van der Waals surface area contributed by atoms with Crippen molar-refractivity contribution in [3.05, 3.63) is 70.4 Å². The van der Waals surface area contributed by atoms with Crippen molar-refractivity contribution in [2.24, 2.45) is 7.05 Å². The molecule has 1 fully saturated rings. The first-order valence-electron chi connectivity index (χ1n) is 10.4. The average Bonchev–Trinajstić information content (AvgIpc) is 3.55. The van der Waals surface area contributed by atoms with Crippen LogP contribution in [0.3, 0.4) is 0 Å². The Labute approximate surface area is 186 Å². The van der Waals surface area contributed by atoms with Crippen LogP contribution in [0.25, 0.3) is 0 Å². The molecule has 1 aromatic carbocycles. The summed E-state index contributed by atoms with van der Waals surface area (Å²) in [5.41, 5.74) is 0.941. The van der Waals surface area contributed by atoms with Crippen LogP contribution >= 0.6 is 11.3 Å². The van der Waals surface area contributed by atoms with Crippen LogP contribution in [0.5, 0.6) is 5.75 Å². The van der Waals surface area contributed by atoms with Gasteiger partial charge in [0.25, 0.3) is 0 Å². The fourth-order valence-corrected chi connectivity index (χ4v) is 4.53. The van der Waals surface area contributed by atoms with Gasteiger partial charge >= 0.3 is 6.03 Å². The quantitative estimate of drug-likeness (QED) is 0.576. The van der Waals surface area contributed by atoms with Gasteiger partial charge in [0.1, 0.15) is 17.6 Å². The van der Waals surface area contributed by atoms with Crippen LogP contribution < -0.4 is 10.1 Å². The molecule has 31 heavy (non-hydrogen) atoms. The van der Waals surface area contributed by atoms with Gasteiger partial charge in [-0.1, -0.05) is 18.2 Å². The molecule has 3 aromatic rings. The fourth-order valence-electron chi connectivity index (χ4n) is 3.81. The molecule has 7 nitrogen and oxygen atoms in total. The maximum atomic E-state index is 13.5. The summed E-state index contributed by atoms with van der Waals surface area (Å²) in [7, 11) is 3.57. The number of amides is 2. The third-order valence-electron chi connectivity index (χ3n) is 5.50. The molecule has 0 spiro atoms. The number of carbonyl (C=O) groups is 1. The second-order valence-electron chi connectivity index (χ2n) is 7.65. The maximum Gasteiger partial charge on any atom is 0.318 e. The predicted octanol–water partition coefficient (Wildman–Crippen LogP) is 3.97. The summed E-state index contributed by atoms with van der Waals surface area (Å²) in [6.45, 7) is 1.89. The molecule has 1 N–H and O–H groups in total. The van der Waals surface area contributed by atoms with E-state index in [0.717, 1.165) is 41.5 Å². The van der Waals surface area contributed by atoms with E-state index in [1.807, 2.05) is 58.4 Å². The number of carbonyl (C=O) groups excluding carboxylic acids is 1. The molecule has 4 rings (SSSR count). The Bertz CT molecular complexity index is 965. The van der Waals surface area contributed by atoms with Crippen molar-refractivity contribution < 1.29 is 14.3 Å². The minimum atomic E-state index is -0.381. The molecule has 2 unspecified atom stereocenters. The number of urea groups is 1. The summed E-state index contributed by atoms with van der Waals surface area (Å²) < 4.78 is 13.0. The number of imidazole rings is 1. The first kappa shape index (κ1) is 21.4. The van der Waals surface area contributed by atoms with Crippen molar-refractivity contribution in [2.75, 3.05) is 20.3 Å². The Hall–Kier alpha value is -2.84. The second-order valence-corrected chi connectivity index (χ2v) is 8.68. The molecule has 2 aromatic heterocycles. The van der Waals surface area contributed by atoms with E-state index in [9.17, 15) is 4.79 Å². The summed E-state index contributed by atoms with van der Waals surface area (Å²) >= 11 is 1.65. The van der Waals surface area contributed by atoms with Crippen LogP contribution in [-0.2, 0) is 18.3 Å². The number of nitrogens with one attached hydrogen (secondary N) is 1. The molecule has 0 aliphatic carbocycles. The van der Waals surface area contributed by atoms with E-state index >= 15 is 0 Å². The highest BCUT2D eigenvalue weighted by molar-refractivity contribution is 7.09. The Morgan fingerprint density at radius 3 is 2.84 bits per heavy atom. The lowest BCUT2D eigenvalue weighted by Crippen LogP contribution is -2.45. The van der Waals surface area contributed by atoms with Gasteiger partial charge in [-0.3, -0.25) is 0 Å². The predicted molar refractivity (Wildman–Crippen MR) is 120 cm³/mol. The topological polar surface area (TPSA) is 68.6 Å². The van der Waals surface area contributed by atoms with Crippen LogP contribution in [0.15, 0.2) is 54.2 Å². The highest BCUT2D eigenvalue weighted by atomic mass is 32.1. The lowest BCUT2D eigenvalue weighted by atomic mass is 10.1. The highest BCUT2D eigenvalue weighted by Crippen LogP contribution is 2.24. The number of methoxy groups -OCH3 is 1. The van der Waals surface area contributed by atoms with E-state index in [2.05, 4.69) is 16.4 Å². The van der Waals surface area contributed by atoms with E-state index in [1.54, 1.807) is 24.6 Å². The van der Waals surface area contributed by atoms with E-state index in [0.29, 0.717) is 13.1 Å². The summed E-state index contributed by atoms with van der Waals surface area (Å²) in [6, 6.07) is 11.3. The molecule has 1 aliphatic rings. The van der Waals surface area contributed by atoms with Crippen LogP contribution in [0, 0.1) is 0 Å². The standard InChI is InChI=1S/C23H28N4O3S/c1-26-12-11-24-22(26)21(17-7-9-18(29-2)10-8-17)25-23(28)27(15-19-5-3-13-30-19)16-20-6-4-14-31-20/h4,6-12,14,19,21H,3,5,13,15-16H2,1-2H3,(H,25,28). The Morgan fingerprint density at radius 2 is 2.23 bits per heavy atom. The average molecular weight is 441 g/mol. The van der Waals surface area contributed by atoms with Crippen molar-refractivity contribution in [1.82, 2.24) is 19.8 Å². The molecular weight excluding hydrogens is 412 g/mol. The molecule has 8 heteroatoms. The largest absolute Gasteiger partial charge is 0.497 e. The van der Waals surface area contributed by atoms with Gasteiger partial charge < -0.3 is 24.3 Å². The van der Waals surface area contributed by atoms with Crippen molar-refractivity contribution in [3.63, 3.8) is 0 Å². The molecule has 164 valence electrons. The monoisotopic (exact) mass is 440 g/mol. The zero-order valence-electron chi connectivity index (χ0n) is 17.9. The van der Waals surface area contributed by atoms with Crippen molar-refractivity contribution in [3.8, 4) is 5.75 Å². The Morgan fingerprint density at radius 1 is 1.39 bits per heavy atom. The third-order valence-corrected chi connectivity index (χ3v) is 6.36. The molecule has 2 atom stereocenters. The highest BCUT2D eigenvalue weighted by Gasteiger charge is 2.27. The molecule has 0 bridgehead atoms. The zero-order valence-corrected chi connectivity index (χ0v) is 18.7. The first-order chi connectivity index (χ1) is 15.1. The summed E-state index contributed by atoms with van der Waals surface area (Å²) in [4.78, 5) is 21.0. The molecule has 0 saturated carbocycles. The van der Waals surface area contributed by atoms with Crippen LogP contribution in [-0.4, -0.2) is 46.8 Å². The summed E-state index contributed by atoms with van der Waals surface area (Å²) in [5, 5.41) is 5.25. The molecule has 0 radical (unpaired) electrons. The van der Waals surface area contributed by atoms with Gasteiger partial charge in [-0.15, -0.1) is 11.3 Å². The molecule has 1 aliphatic heterocycles. The van der Waals surface area contributed by atoms with E-state index < -0.39 is 0 Å². The molecule has 3 heterocycles. The van der Waals surface area contributed by atoms with Gasteiger partial charge in [-0.25, -0.2) is 9.78 Å². The normalized spacial score (nSPS) is 16.8. The van der Waals surface area contributed by atoms with E-state index in [1.165, 1.54) is 0 Å². The lowest BCUT2D eigenvalue weighted by molar-refractivity contribution is 0.0793. The van der Waals surface area contributed by atoms with E-state index in [-0.39, 0.29) is 18.2 Å². The smallest absolute Gasteiger partial charge is 0.318 e. The Kier molecular flexibility index (Phi) is 6.89. The SMILES string of the molecule is COc1ccc(C(NC(=O)N(Cc2cccs2)CC2CCCO2)c2nccn2C)cc1. The van der Waals surface area contributed by atoms with Crippen molar-refractivity contribution in [2.45, 2.75) is 31.5 Å². The van der Waals surface area contributed by atoms with Gasteiger partial charge in [-0.2, -0.15) is 0 Å². The van der Waals surface area contributed by atoms with Gasteiger partial charge in [-0.05, 0) is 42.0 Å². The lowest BCUT2D eigenvalue weighted by Gasteiger charge is -2.28. The number of nitrogens with zero attached hydrogens (tertiary/aromatic N) is 3. The number of thiophene rings is 1. The van der Waals surface area contributed by atoms with Gasteiger partial charge in [0, 0.05) is 37.5 Å². The number of rotatable bonds is 8. The number of aromatic nitrogens is 2. The van der Waals surface area contributed by atoms with Gasteiger partial charge in [0.2, 0.25) is 0 Å². The van der Waals surface area contributed by atoms with Gasteiger partial charge in [0.05, 0.1) is 19.8 Å². The summed E-state index contributed by atoms with van der Waals surface area (Å²) in [6.07, 6.45) is 5.73. The minimum absolute atomic E-state index is 0.0818. The number of benzene rings is 1. The van der Waals surface area contributed by atoms with Crippen molar-refractivity contribution in [1.29, 1.82) is 0 Å². The number of aryl methyl sites for hydroxylation is 1. The molecule has 2 amide bonds. The fraction of sp³-hybridized carbons (Fsp3) is 0.391. The van der Waals surface area contributed by atoms with Crippen molar-refractivity contribution >= 4 is 17.4 Å². The number of hydrogen-bond donors (Lipinski definition) is 1. The third kappa shape index (κ3) is 5.26. The molecular formula is C23H28N4O3S. The first-order valence-corrected chi connectivity index (χ1v) is 11.3. The Balaban J connectivity index is 1.57. The zero-order chi connectivity index (χ0) is 21.6. The second kappa shape index (κ2) is 9.98.